The number of fused-ring (bicyclic) bond motifs is 1. The second-order valence-electron chi connectivity index (χ2n) is 4.29. The normalized spacial score (nSPS) is 10.8. The minimum Gasteiger partial charge on any atom is -0.465 e. The van der Waals surface area contributed by atoms with Crippen LogP contribution in [0.5, 0.6) is 0 Å². The number of halogens is 2. The van der Waals surface area contributed by atoms with Crippen molar-refractivity contribution in [3.8, 4) is 11.4 Å². The summed E-state index contributed by atoms with van der Waals surface area (Å²) in [4.78, 5) is 11.6. The number of nitrogens with zero attached hydrogens (tertiary/aromatic N) is 3. The van der Waals surface area contributed by atoms with Gasteiger partial charge in [0.05, 0.1) is 12.7 Å². The van der Waals surface area contributed by atoms with Gasteiger partial charge in [0.2, 0.25) is 0 Å². The molecule has 106 valence electrons. The quantitative estimate of drug-likeness (QED) is 0.493. The van der Waals surface area contributed by atoms with Crippen molar-refractivity contribution in [3.05, 3.63) is 51.5 Å². The highest BCUT2D eigenvalue weighted by Gasteiger charge is 2.14. The van der Waals surface area contributed by atoms with Gasteiger partial charge in [0, 0.05) is 15.3 Å². The zero-order valence-electron chi connectivity index (χ0n) is 10.9. The fraction of sp³-hybridized carbons (Fsp3) is 0.0714. The maximum Gasteiger partial charge on any atom is 0.339 e. The van der Waals surface area contributed by atoms with Gasteiger partial charge in [-0.25, -0.2) is 9.18 Å². The molecular weight excluding hydrogens is 388 g/mol. The van der Waals surface area contributed by atoms with Gasteiger partial charge in [-0.1, -0.05) is 0 Å². The number of benzene rings is 1. The van der Waals surface area contributed by atoms with Crippen molar-refractivity contribution in [1.29, 1.82) is 0 Å². The molecule has 3 aromatic rings. The Morgan fingerprint density at radius 1 is 1.29 bits per heavy atom. The van der Waals surface area contributed by atoms with Gasteiger partial charge in [0.1, 0.15) is 5.82 Å². The summed E-state index contributed by atoms with van der Waals surface area (Å²) < 4.78 is 20.3. The molecule has 0 aliphatic carbocycles. The molecule has 5 nitrogen and oxygen atoms in total. The van der Waals surface area contributed by atoms with Gasteiger partial charge < -0.3 is 4.74 Å². The van der Waals surface area contributed by atoms with E-state index in [1.807, 2.05) is 22.6 Å². The average molecular weight is 397 g/mol. The van der Waals surface area contributed by atoms with E-state index in [9.17, 15) is 9.18 Å². The number of hydrogen-bond donors (Lipinski definition) is 0. The summed E-state index contributed by atoms with van der Waals surface area (Å²) >= 11 is 2.04. The molecule has 2 aromatic heterocycles. The Bertz CT molecular complexity index is 847. The van der Waals surface area contributed by atoms with Crippen molar-refractivity contribution in [1.82, 2.24) is 14.6 Å². The van der Waals surface area contributed by atoms with Crippen LogP contribution in [-0.4, -0.2) is 27.7 Å². The minimum atomic E-state index is -0.439. The second-order valence-corrected chi connectivity index (χ2v) is 5.45. The number of ether oxygens (including phenoxy) is 1. The van der Waals surface area contributed by atoms with E-state index in [0.29, 0.717) is 20.6 Å². The molecule has 0 spiro atoms. The smallest absolute Gasteiger partial charge is 0.339 e. The molecule has 3 rings (SSSR count). The van der Waals surface area contributed by atoms with Crippen LogP contribution in [0.2, 0.25) is 0 Å². The lowest BCUT2D eigenvalue weighted by atomic mass is 10.2. The number of pyridine rings is 1. The molecule has 0 saturated carbocycles. The molecule has 0 unspecified atom stereocenters. The highest BCUT2D eigenvalue weighted by molar-refractivity contribution is 14.1. The fourth-order valence-corrected chi connectivity index (χ4v) is 2.70. The number of carbonyl (C=O) groups excluding carboxylic acids is 1. The van der Waals surface area contributed by atoms with Gasteiger partial charge in [-0.3, -0.25) is 4.40 Å². The Kier molecular flexibility index (Phi) is 3.58. The topological polar surface area (TPSA) is 56.5 Å². The third kappa shape index (κ3) is 2.48. The minimum absolute atomic E-state index is 0.313. The summed E-state index contributed by atoms with van der Waals surface area (Å²) in [6, 6.07) is 7.72. The van der Waals surface area contributed by atoms with Crippen molar-refractivity contribution in [3.63, 3.8) is 0 Å². The predicted molar refractivity (Wildman–Crippen MR) is 82.4 cm³/mol. The number of aromatic nitrogens is 3. The lowest BCUT2D eigenvalue weighted by Gasteiger charge is -2.05. The van der Waals surface area contributed by atoms with E-state index in [1.54, 1.807) is 28.8 Å². The summed E-state index contributed by atoms with van der Waals surface area (Å²) in [5, 5.41) is 8.16. The Balaban J connectivity index is 2.20. The Morgan fingerprint density at radius 3 is 2.81 bits per heavy atom. The summed E-state index contributed by atoms with van der Waals surface area (Å²) in [6.07, 6.45) is 1.61. The van der Waals surface area contributed by atoms with Crippen LogP contribution in [0.3, 0.4) is 0 Å². The molecule has 2 heterocycles. The third-order valence-electron chi connectivity index (χ3n) is 3.00. The van der Waals surface area contributed by atoms with E-state index in [1.165, 1.54) is 19.2 Å². The standard InChI is InChI=1S/C14H9FIN3O2/c1-21-14(20)8-2-5-12-17-18-13(19(12)7-8)10-4-3-9(15)6-11(10)16/h2-7H,1H3. The number of carbonyl (C=O) groups is 1. The Hall–Kier alpha value is -2.03. The molecule has 21 heavy (non-hydrogen) atoms. The van der Waals surface area contributed by atoms with Gasteiger partial charge in [0.25, 0.3) is 0 Å². The van der Waals surface area contributed by atoms with Gasteiger partial charge in [-0.2, -0.15) is 0 Å². The van der Waals surface area contributed by atoms with Gasteiger partial charge >= 0.3 is 5.97 Å². The van der Waals surface area contributed by atoms with Crippen LogP contribution in [0.25, 0.3) is 17.0 Å². The second kappa shape index (κ2) is 5.40. The molecule has 7 heteroatoms. The molecule has 0 atom stereocenters. The highest BCUT2D eigenvalue weighted by Crippen LogP contribution is 2.25. The largest absolute Gasteiger partial charge is 0.465 e. The van der Waals surface area contributed by atoms with Gasteiger partial charge in [-0.15, -0.1) is 10.2 Å². The first-order valence-electron chi connectivity index (χ1n) is 5.98. The van der Waals surface area contributed by atoms with E-state index in [4.69, 9.17) is 4.74 Å². The maximum absolute atomic E-state index is 13.2. The first-order valence-corrected chi connectivity index (χ1v) is 7.06. The molecule has 0 fully saturated rings. The first-order chi connectivity index (χ1) is 10.1. The molecule has 1 aromatic carbocycles. The van der Waals surface area contributed by atoms with Crippen molar-refractivity contribution >= 4 is 34.2 Å². The lowest BCUT2D eigenvalue weighted by Crippen LogP contribution is -2.03. The van der Waals surface area contributed by atoms with Crippen LogP contribution < -0.4 is 0 Å². The molecule has 0 aliphatic rings. The van der Waals surface area contributed by atoms with Crippen LogP contribution in [0.1, 0.15) is 10.4 Å². The summed E-state index contributed by atoms with van der Waals surface area (Å²) in [6.45, 7) is 0. The number of hydrogen-bond acceptors (Lipinski definition) is 4. The Labute approximate surface area is 132 Å². The zero-order chi connectivity index (χ0) is 15.0. The van der Waals surface area contributed by atoms with E-state index in [0.717, 1.165) is 5.56 Å². The molecule has 0 radical (unpaired) electrons. The summed E-state index contributed by atoms with van der Waals surface area (Å²) in [5.74, 6) is -0.210. The number of rotatable bonds is 2. The summed E-state index contributed by atoms with van der Waals surface area (Å²) in [5.41, 5.74) is 1.73. The van der Waals surface area contributed by atoms with Crippen molar-refractivity contribution in [2.24, 2.45) is 0 Å². The SMILES string of the molecule is COC(=O)c1ccc2nnc(-c3ccc(F)cc3I)n2c1. The molecule has 0 N–H and O–H groups in total. The molecule has 0 saturated heterocycles. The number of methoxy groups -OCH3 is 1. The molecule has 0 aliphatic heterocycles. The van der Waals surface area contributed by atoms with Crippen molar-refractivity contribution in [2.45, 2.75) is 0 Å². The van der Waals surface area contributed by atoms with Gasteiger partial charge in [-0.05, 0) is 52.9 Å². The first kappa shape index (κ1) is 13.9. The van der Waals surface area contributed by atoms with Crippen LogP contribution in [-0.2, 0) is 4.74 Å². The van der Waals surface area contributed by atoms with Crippen molar-refractivity contribution in [2.75, 3.05) is 7.11 Å². The van der Waals surface area contributed by atoms with E-state index >= 15 is 0 Å². The number of esters is 1. The van der Waals surface area contributed by atoms with Crippen LogP contribution >= 0.6 is 22.6 Å². The average Bonchev–Trinajstić information content (AvgIpc) is 2.89. The van der Waals surface area contributed by atoms with Crippen LogP contribution in [0.4, 0.5) is 4.39 Å². The molecule has 0 amide bonds. The predicted octanol–water partition coefficient (Wildman–Crippen LogP) is 2.93. The van der Waals surface area contributed by atoms with Crippen LogP contribution in [0, 0.1) is 9.39 Å². The van der Waals surface area contributed by atoms with Crippen LogP contribution in [0.15, 0.2) is 36.5 Å². The third-order valence-corrected chi connectivity index (χ3v) is 3.89. The monoisotopic (exact) mass is 397 g/mol. The molecular formula is C14H9FIN3O2. The van der Waals surface area contributed by atoms with E-state index < -0.39 is 5.97 Å². The van der Waals surface area contributed by atoms with E-state index in [-0.39, 0.29) is 5.82 Å². The zero-order valence-corrected chi connectivity index (χ0v) is 13.0. The molecule has 0 bridgehead atoms. The van der Waals surface area contributed by atoms with E-state index in [2.05, 4.69) is 10.2 Å². The summed E-state index contributed by atoms with van der Waals surface area (Å²) in [7, 11) is 1.32. The fourth-order valence-electron chi connectivity index (χ4n) is 1.98. The lowest BCUT2D eigenvalue weighted by molar-refractivity contribution is 0.0600. The maximum atomic E-state index is 13.2. The Morgan fingerprint density at radius 2 is 2.10 bits per heavy atom. The highest BCUT2D eigenvalue weighted by atomic mass is 127. The van der Waals surface area contributed by atoms with Crippen molar-refractivity contribution < 1.29 is 13.9 Å². The van der Waals surface area contributed by atoms with Gasteiger partial charge in [0.15, 0.2) is 11.5 Å².